The number of aliphatic imine (C=N–C) groups is 1. The van der Waals surface area contributed by atoms with Crippen molar-refractivity contribution in [1.29, 1.82) is 0 Å². The van der Waals surface area contributed by atoms with Gasteiger partial charge in [-0.25, -0.2) is 9.79 Å². The van der Waals surface area contributed by atoms with Crippen LogP contribution >= 0.6 is 11.6 Å². The second kappa shape index (κ2) is 10.0. The van der Waals surface area contributed by atoms with E-state index >= 15 is 0 Å². The third-order valence-corrected chi connectivity index (χ3v) is 4.79. The molecule has 6 nitrogen and oxygen atoms in total. The highest BCUT2D eigenvalue weighted by atomic mass is 35.5. The molecule has 3 aromatic carbocycles. The summed E-state index contributed by atoms with van der Waals surface area (Å²) >= 11 is 6.16. The van der Waals surface area contributed by atoms with E-state index in [4.69, 9.17) is 30.5 Å². The molecule has 0 aliphatic carbocycles. The largest absolute Gasteiger partial charge is 0.497 e. The van der Waals surface area contributed by atoms with Crippen LogP contribution in [0.2, 0.25) is 5.02 Å². The van der Waals surface area contributed by atoms with Crippen molar-refractivity contribution in [3.63, 3.8) is 0 Å². The van der Waals surface area contributed by atoms with Crippen LogP contribution in [-0.2, 0) is 9.53 Å². The van der Waals surface area contributed by atoms with E-state index in [2.05, 4.69) is 4.99 Å². The molecule has 0 saturated heterocycles. The lowest BCUT2D eigenvalue weighted by Gasteiger charge is -2.11. The molecule has 32 heavy (non-hydrogen) atoms. The Hall–Kier alpha value is -3.77. The monoisotopic (exact) mass is 449 g/mol. The fourth-order valence-electron chi connectivity index (χ4n) is 3.03. The van der Waals surface area contributed by atoms with E-state index in [0.29, 0.717) is 34.4 Å². The van der Waals surface area contributed by atoms with Gasteiger partial charge in [0.25, 0.3) is 0 Å². The third kappa shape index (κ3) is 5.28. The number of hydrogen-bond donors (Lipinski definition) is 0. The number of carbonyl (C=O) groups excluding carboxylic acids is 1. The normalized spacial score (nSPS) is 14.1. The van der Waals surface area contributed by atoms with Crippen LogP contribution in [0.3, 0.4) is 0 Å². The Balaban J connectivity index is 1.46. The summed E-state index contributed by atoms with van der Waals surface area (Å²) in [6.07, 6.45) is 1.60. The first-order valence-electron chi connectivity index (χ1n) is 9.89. The molecule has 0 unspecified atom stereocenters. The predicted octanol–water partition coefficient (Wildman–Crippen LogP) is 5.15. The molecule has 0 aromatic heterocycles. The molecule has 0 fully saturated rings. The first-order valence-corrected chi connectivity index (χ1v) is 10.3. The molecule has 7 heteroatoms. The summed E-state index contributed by atoms with van der Waals surface area (Å²) in [4.78, 5) is 16.6. The summed E-state index contributed by atoms with van der Waals surface area (Å²) in [6.45, 7) is 0.613. The second-order valence-corrected chi connectivity index (χ2v) is 7.20. The number of esters is 1. The Morgan fingerprint density at radius 3 is 2.53 bits per heavy atom. The lowest BCUT2D eigenvalue weighted by Crippen LogP contribution is -2.09. The summed E-state index contributed by atoms with van der Waals surface area (Å²) in [6, 6.07) is 21.7. The minimum atomic E-state index is -0.531. The zero-order valence-corrected chi connectivity index (χ0v) is 18.0. The molecule has 4 rings (SSSR count). The minimum absolute atomic E-state index is 0.170. The van der Waals surface area contributed by atoms with Gasteiger partial charge in [0, 0.05) is 22.2 Å². The highest BCUT2D eigenvalue weighted by Crippen LogP contribution is 2.28. The summed E-state index contributed by atoms with van der Waals surface area (Å²) in [5.74, 6) is 1.68. The number of methoxy groups -OCH3 is 1. The molecule has 0 amide bonds. The first kappa shape index (κ1) is 21.5. The minimum Gasteiger partial charge on any atom is -0.497 e. The molecule has 0 spiro atoms. The van der Waals surface area contributed by atoms with Crippen molar-refractivity contribution in [3.05, 3.63) is 94.6 Å². The quantitative estimate of drug-likeness (QED) is 0.270. The van der Waals surface area contributed by atoms with Crippen LogP contribution in [-0.4, -0.2) is 32.2 Å². The van der Waals surface area contributed by atoms with Gasteiger partial charge in [-0.1, -0.05) is 35.9 Å². The predicted molar refractivity (Wildman–Crippen MR) is 122 cm³/mol. The molecule has 1 aliphatic heterocycles. The van der Waals surface area contributed by atoms with Crippen molar-refractivity contribution in [3.8, 4) is 17.2 Å². The lowest BCUT2D eigenvalue weighted by atomic mass is 10.1. The van der Waals surface area contributed by atoms with E-state index in [1.165, 1.54) is 0 Å². The SMILES string of the molecule is COc1cccc(OCCOc2ccc(Cl)cc2/C=C2/N=C(c3ccccc3)OC2=O)c1. The van der Waals surface area contributed by atoms with Gasteiger partial charge in [-0.05, 0) is 48.5 Å². The summed E-state index contributed by atoms with van der Waals surface area (Å²) < 4.78 is 22.1. The summed E-state index contributed by atoms with van der Waals surface area (Å²) in [5, 5.41) is 0.510. The van der Waals surface area contributed by atoms with Crippen molar-refractivity contribution in [2.45, 2.75) is 0 Å². The molecule has 162 valence electrons. The van der Waals surface area contributed by atoms with Crippen molar-refractivity contribution < 1.29 is 23.7 Å². The first-order chi connectivity index (χ1) is 15.6. The smallest absolute Gasteiger partial charge is 0.363 e. The van der Waals surface area contributed by atoms with Crippen LogP contribution in [0.15, 0.2) is 83.5 Å². The summed E-state index contributed by atoms with van der Waals surface area (Å²) in [7, 11) is 1.60. The average Bonchev–Trinajstić information content (AvgIpc) is 3.19. The van der Waals surface area contributed by atoms with E-state index in [-0.39, 0.29) is 18.2 Å². The van der Waals surface area contributed by atoms with Gasteiger partial charge >= 0.3 is 5.97 Å². The molecular formula is C25H20ClNO5. The summed E-state index contributed by atoms with van der Waals surface area (Å²) in [5.41, 5.74) is 1.51. The molecule has 0 saturated carbocycles. The van der Waals surface area contributed by atoms with E-state index < -0.39 is 5.97 Å². The second-order valence-electron chi connectivity index (χ2n) is 6.76. The van der Waals surface area contributed by atoms with E-state index in [9.17, 15) is 4.79 Å². The van der Waals surface area contributed by atoms with Crippen molar-refractivity contribution in [2.24, 2.45) is 4.99 Å². The molecule has 0 N–H and O–H groups in total. The van der Waals surface area contributed by atoms with Gasteiger partial charge in [0.15, 0.2) is 5.70 Å². The van der Waals surface area contributed by atoms with Gasteiger partial charge in [-0.2, -0.15) is 0 Å². The maximum Gasteiger partial charge on any atom is 0.363 e. The topological polar surface area (TPSA) is 66.3 Å². The van der Waals surface area contributed by atoms with Gasteiger partial charge < -0.3 is 18.9 Å². The Morgan fingerprint density at radius 1 is 0.938 bits per heavy atom. The average molecular weight is 450 g/mol. The van der Waals surface area contributed by atoms with Crippen molar-refractivity contribution in [1.82, 2.24) is 0 Å². The van der Waals surface area contributed by atoms with Gasteiger partial charge in [0.05, 0.1) is 7.11 Å². The Morgan fingerprint density at radius 2 is 1.72 bits per heavy atom. The van der Waals surface area contributed by atoms with Crippen molar-refractivity contribution in [2.75, 3.05) is 20.3 Å². The van der Waals surface area contributed by atoms with E-state index in [0.717, 1.165) is 5.56 Å². The van der Waals surface area contributed by atoms with Gasteiger partial charge in [0.1, 0.15) is 30.5 Å². The molecule has 0 radical (unpaired) electrons. The van der Waals surface area contributed by atoms with Gasteiger partial charge in [0.2, 0.25) is 5.90 Å². The van der Waals surface area contributed by atoms with Crippen LogP contribution < -0.4 is 14.2 Å². The van der Waals surface area contributed by atoms with Crippen LogP contribution in [0.4, 0.5) is 0 Å². The van der Waals surface area contributed by atoms with Crippen LogP contribution in [0.5, 0.6) is 17.2 Å². The lowest BCUT2D eigenvalue weighted by molar-refractivity contribution is -0.129. The highest BCUT2D eigenvalue weighted by molar-refractivity contribution is 6.30. The van der Waals surface area contributed by atoms with E-state index in [1.807, 2.05) is 48.5 Å². The number of ether oxygens (including phenoxy) is 4. The molecule has 1 heterocycles. The van der Waals surface area contributed by atoms with Crippen molar-refractivity contribution >= 4 is 29.5 Å². The number of benzene rings is 3. The van der Waals surface area contributed by atoms with Crippen LogP contribution in [0.25, 0.3) is 6.08 Å². The number of carbonyl (C=O) groups is 1. The molecular weight excluding hydrogens is 430 g/mol. The number of halogens is 1. The number of cyclic esters (lactones) is 1. The van der Waals surface area contributed by atoms with Gasteiger partial charge in [-0.15, -0.1) is 0 Å². The Bertz CT molecular complexity index is 1170. The molecule has 0 atom stereocenters. The van der Waals surface area contributed by atoms with Gasteiger partial charge in [-0.3, -0.25) is 0 Å². The highest BCUT2D eigenvalue weighted by Gasteiger charge is 2.24. The maximum absolute atomic E-state index is 12.3. The Labute approximate surface area is 190 Å². The fourth-order valence-corrected chi connectivity index (χ4v) is 3.21. The third-order valence-electron chi connectivity index (χ3n) is 4.56. The van der Waals surface area contributed by atoms with Crippen LogP contribution in [0.1, 0.15) is 11.1 Å². The Kier molecular flexibility index (Phi) is 6.72. The number of hydrogen-bond acceptors (Lipinski definition) is 6. The number of rotatable bonds is 8. The van der Waals surface area contributed by atoms with E-state index in [1.54, 1.807) is 37.5 Å². The molecule has 3 aromatic rings. The maximum atomic E-state index is 12.3. The standard InChI is InChI=1S/C25H20ClNO5/c1-29-20-8-5-9-21(16-20)30-12-13-31-23-11-10-19(26)14-18(23)15-22-25(28)32-24(27-22)17-6-3-2-4-7-17/h2-11,14-16H,12-13H2,1H3/b22-15+. The zero-order chi connectivity index (χ0) is 22.3. The molecule has 1 aliphatic rings. The fraction of sp³-hybridized carbons (Fsp3) is 0.120. The van der Waals surface area contributed by atoms with Crippen LogP contribution in [0, 0.1) is 0 Å². The zero-order valence-electron chi connectivity index (χ0n) is 17.3. The molecule has 0 bridgehead atoms. The number of nitrogens with zero attached hydrogens (tertiary/aromatic N) is 1.